The molecule has 1 amide bonds. The van der Waals surface area contributed by atoms with Crippen LogP contribution < -0.4 is 0 Å². The van der Waals surface area contributed by atoms with Gasteiger partial charge < -0.3 is 9.64 Å². The van der Waals surface area contributed by atoms with Crippen LogP contribution in [0.25, 0.3) is 0 Å². The van der Waals surface area contributed by atoms with E-state index in [1.165, 1.54) is 4.90 Å². The van der Waals surface area contributed by atoms with E-state index in [0.29, 0.717) is 13.0 Å². The van der Waals surface area contributed by atoms with Gasteiger partial charge in [-0.15, -0.1) is 0 Å². The molecule has 0 saturated carbocycles. The minimum Gasteiger partial charge on any atom is -0.403 e. The third-order valence-electron chi connectivity index (χ3n) is 1.87. The maximum Gasteiger partial charge on any atom is 0.413 e. The number of hydrogen-bond donors (Lipinski definition) is 0. The second-order valence-corrected chi connectivity index (χ2v) is 4.19. The van der Waals surface area contributed by atoms with Crippen LogP contribution in [0, 0.1) is 6.92 Å². The van der Waals surface area contributed by atoms with Crippen LogP contribution in [0.5, 0.6) is 0 Å². The van der Waals surface area contributed by atoms with Gasteiger partial charge in [0.25, 0.3) is 0 Å². The molecule has 0 aromatic rings. The number of hydrogen-bond acceptors (Lipinski definition) is 3. The van der Waals surface area contributed by atoms with Crippen LogP contribution in [-0.2, 0) is 9.53 Å². The van der Waals surface area contributed by atoms with Gasteiger partial charge in [-0.25, -0.2) is 4.79 Å². The smallest absolute Gasteiger partial charge is 0.403 e. The van der Waals surface area contributed by atoms with E-state index in [2.05, 4.69) is 6.92 Å². The molecule has 0 aromatic heterocycles. The highest BCUT2D eigenvalue weighted by atomic mass is 16.6. The fourth-order valence-electron chi connectivity index (χ4n) is 1.29. The molecule has 1 aliphatic rings. The maximum absolute atomic E-state index is 11.5. The molecule has 14 heavy (non-hydrogen) atoms. The number of carbonyl (C=O) groups excluding carboxylic acids is 2. The van der Waals surface area contributed by atoms with Crippen molar-refractivity contribution in [3.63, 3.8) is 0 Å². The Kier molecular flexibility index (Phi) is 3.03. The summed E-state index contributed by atoms with van der Waals surface area (Å²) in [6.07, 6.45) is 0.848. The number of piperidine rings is 1. The summed E-state index contributed by atoms with van der Waals surface area (Å²) in [6, 6.07) is 0. The minimum atomic E-state index is -0.739. The van der Waals surface area contributed by atoms with Gasteiger partial charge in [0.05, 0.1) is 6.54 Å². The quantitative estimate of drug-likeness (QED) is 0.598. The van der Waals surface area contributed by atoms with Gasteiger partial charge in [0, 0.05) is 26.8 Å². The number of carbonyl (C=O) groups is 2. The Bertz CT molecular complexity index is 242. The summed E-state index contributed by atoms with van der Waals surface area (Å²) < 4.78 is 5.05. The largest absolute Gasteiger partial charge is 0.413 e. The summed E-state index contributed by atoms with van der Waals surface area (Å²) in [5.41, 5.74) is -0.739. The predicted molar refractivity (Wildman–Crippen MR) is 51.7 cm³/mol. The Hall–Kier alpha value is -1.19. The van der Waals surface area contributed by atoms with Crippen LogP contribution >= 0.6 is 0 Å². The number of likely N-dealkylation sites (tertiary alicyclic amines) is 1. The number of nitrogens with zero attached hydrogens (tertiary/aromatic N) is 1. The molecule has 1 rings (SSSR count). The molecule has 0 unspecified atom stereocenters. The Balaban J connectivity index is 2.48. The average molecular weight is 198 g/mol. The number of rotatable bonds is 1. The summed E-state index contributed by atoms with van der Waals surface area (Å²) in [4.78, 5) is 24.0. The van der Waals surface area contributed by atoms with Crippen molar-refractivity contribution < 1.29 is 14.3 Å². The maximum atomic E-state index is 11.5. The standard InChI is InChI=1S/C10H16NO3/c1-10(2,3)14-9(13)11-6-4-5-8(12)7-11/h1,4-7H2,2-3H3/q+1. The lowest BCUT2D eigenvalue weighted by atomic mass is 10.1. The fraction of sp³-hybridized carbons (Fsp3) is 0.700. The van der Waals surface area contributed by atoms with E-state index < -0.39 is 11.7 Å². The van der Waals surface area contributed by atoms with Gasteiger partial charge in [-0.2, -0.15) is 0 Å². The topological polar surface area (TPSA) is 46.6 Å². The fourth-order valence-corrected chi connectivity index (χ4v) is 1.29. The van der Waals surface area contributed by atoms with Crippen LogP contribution in [0.1, 0.15) is 26.7 Å². The number of ether oxygens (including phenoxy) is 1. The van der Waals surface area contributed by atoms with Gasteiger partial charge in [0.15, 0.2) is 5.78 Å². The molecule has 0 N–H and O–H groups in total. The SMILES string of the molecule is [CH2+]C(C)(C)OC(=O)N1CCCC(=O)C1. The zero-order chi connectivity index (χ0) is 10.8. The summed E-state index contributed by atoms with van der Waals surface area (Å²) in [5, 5.41) is 0. The van der Waals surface area contributed by atoms with Crippen LogP contribution in [0.2, 0.25) is 0 Å². The Morgan fingerprint density at radius 2 is 2.21 bits per heavy atom. The van der Waals surface area contributed by atoms with E-state index in [0.717, 1.165) is 6.42 Å². The lowest BCUT2D eigenvalue weighted by Crippen LogP contribution is -2.43. The molecule has 78 valence electrons. The summed E-state index contributed by atoms with van der Waals surface area (Å²) in [6.45, 7) is 7.85. The van der Waals surface area contributed by atoms with Crippen molar-refractivity contribution >= 4 is 11.9 Å². The van der Waals surface area contributed by atoms with Crippen molar-refractivity contribution in [2.24, 2.45) is 0 Å². The zero-order valence-electron chi connectivity index (χ0n) is 8.71. The lowest BCUT2D eigenvalue weighted by molar-refractivity contribution is -0.122. The van der Waals surface area contributed by atoms with E-state index in [-0.39, 0.29) is 12.3 Å². The Morgan fingerprint density at radius 1 is 1.57 bits per heavy atom. The highest BCUT2D eigenvalue weighted by Gasteiger charge is 2.29. The second kappa shape index (κ2) is 3.90. The van der Waals surface area contributed by atoms with Crippen molar-refractivity contribution in [3.05, 3.63) is 6.92 Å². The van der Waals surface area contributed by atoms with Crippen LogP contribution in [-0.4, -0.2) is 35.5 Å². The van der Waals surface area contributed by atoms with E-state index in [1.54, 1.807) is 13.8 Å². The van der Waals surface area contributed by atoms with Crippen molar-refractivity contribution in [2.75, 3.05) is 13.1 Å². The minimum absolute atomic E-state index is 0.0927. The van der Waals surface area contributed by atoms with Gasteiger partial charge in [-0.1, -0.05) is 0 Å². The molecule has 4 nitrogen and oxygen atoms in total. The highest BCUT2D eigenvalue weighted by Crippen LogP contribution is 2.12. The molecular weight excluding hydrogens is 182 g/mol. The molecule has 1 fully saturated rings. The molecule has 0 bridgehead atoms. The molecule has 0 atom stereocenters. The average Bonchev–Trinajstić information content (AvgIpc) is 2.01. The van der Waals surface area contributed by atoms with Crippen molar-refractivity contribution in [2.45, 2.75) is 32.3 Å². The molecule has 4 heteroatoms. The normalized spacial score (nSPS) is 18.1. The zero-order valence-corrected chi connectivity index (χ0v) is 8.71. The van der Waals surface area contributed by atoms with Gasteiger partial charge in [0.1, 0.15) is 6.92 Å². The van der Waals surface area contributed by atoms with E-state index in [9.17, 15) is 9.59 Å². The summed E-state index contributed by atoms with van der Waals surface area (Å²) >= 11 is 0. The van der Waals surface area contributed by atoms with E-state index >= 15 is 0 Å². The molecule has 0 radical (unpaired) electrons. The van der Waals surface area contributed by atoms with Crippen LogP contribution in [0.15, 0.2) is 0 Å². The number of Topliss-reactive ketones (excluding diaryl/α,β-unsaturated/α-hetero) is 1. The predicted octanol–water partition coefficient (Wildman–Crippen LogP) is 1.40. The first-order valence-electron chi connectivity index (χ1n) is 4.73. The number of amides is 1. The van der Waals surface area contributed by atoms with Crippen LogP contribution in [0.4, 0.5) is 4.79 Å². The van der Waals surface area contributed by atoms with Gasteiger partial charge in [0.2, 0.25) is 5.60 Å². The van der Waals surface area contributed by atoms with E-state index in [1.807, 2.05) is 0 Å². The number of ketones is 1. The van der Waals surface area contributed by atoms with Crippen molar-refractivity contribution in [3.8, 4) is 0 Å². The lowest BCUT2D eigenvalue weighted by Gasteiger charge is -2.26. The monoisotopic (exact) mass is 198 g/mol. The molecule has 0 aliphatic carbocycles. The van der Waals surface area contributed by atoms with Gasteiger partial charge >= 0.3 is 6.09 Å². The molecule has 1 saturated heterocycles. The Labute approximate surface area is 84.2 Å². The first kappa shape index (κ1) is 10.9. The van der Waals surface area contributed by atoms with Crippen LogP contribution in [0.3, 0.4) is 0 Å². The molecule has 1 aliphatic heterocycles. The first-order valence-corrected chi connectivity index (χ1v) is 4.73. The molecular formula is C10H16NO3+. The molecule has 0 aromatic carbocycles. The first-order chi connectivity index (χ1) is 6.38. The second-order valence-electron chi connectivity index (χ2n) is 4.19. The molecule has 0 spiro atoms. The van der Waals surface area contributed by atoms with Crippen molar-refractivity contribution in [1.82, 2.24) is 4.90 Å². The third-order valence-corrected chi connectivity index (χ3v) is 1.87. The summed E-state index contributed by atoms with van der Waals surface area (Å²) in [7, 11) is 0. The van der Waals surface area contributed by atoms with Crippen molar-refractivity contribution in [1.29, 1.82) is 0 Å². The highest BCUT2D eigenvalue weighted by molar-refractivity contribution is 5.85. The Morgan fingerprint density at radius 3 is 2.71 bits per heavy atom. The third kappa shape index (κ3) is 3.28. The van der Waals surface area contributed by atoms with Gasteiger partial charge in [-0.05, 0) is 6.42 Å². The molecule has 1 heterocycles. The van der Waals surface area contributed by atoms with E-state index in [4.69, 9.17) is 4.74 Å². The summed E-state index contributed by atoms with van der Waals surface area (Å²) in [5.74, 6) is 0.0927. The van der Waals surface area contributed by atoms with Gasteiger partial charge in [-0.3, -0.25) is 4.79 Å².